The molecule has 5 heterocycles. The maximum atomic E-state index is 5.59. The zero-order valence-electron chi connectivity index (χ0n) is 40.4. The van der Waals surface area contributed by atoms with Crippen LogP contribution in [0.5, 0.6) is 0 Å². The number of hydrogen-bond acceptors (Lipinski definition) is 6. The normalized spacial score (nSPS) is 13.7. The quantitative estimate of drug-likeness (QED) is 0.151. The SMILES string of the molecule is C1=CC(n2c3ccccc3c3ccc4c5ccccc5n(-c5nc(-c6ccccc6)nc(-c6cccc7c6c6ccccc6n7-c6ccccc6)n5)c4c32)CC=C1c1nc(-c2ccccc2)nc(-c2ccccc2)n1. The molecule has 14 aromatic rings. The predicted molar refractivity (Wildman–Crippen MR) is 304 cm³/mol. The molecule has 15 rings (SSSR count). The van der Waals surface area contributed by atoms with Gasteiger partial charge in [-0.1, -0.05) is 206 Å². The number of para-hydroxylation sites is 4. The molecule has 1 unspecified atom stereocenters. The minimum Gasteiger partial charge on any atom is -0.331 e. The molecule has 75 heavy (non-hydrogen) atoms. The van der Waals surface area contributed by atoms with E-state index in [1.165, 1.54) is 5.39 Å². The first-order valence-corrected chi connectivity index (χ1v) is 25.3. The summed E-state index contributed by atoms with van der Waals surface area (Å²) in [6, 6.07) is 78.0. The van der Waals surface area contributed by atoms with Crippen molar-refractivity contribution >= 4 is 71.0 Å². The van der Waals surface area contributed by atoms with Crippen molar-refractivity contribution in [1.82, 2.24) is 43.6 Å². The fourth-order valence-corrected chi connectivity index (χ4v) is 11.4. The van der Waals surface area contributed by atoms with Gasteiger partial charge in [-0.25, -0.2) is 19.9 Å². The Balaban J connectivity index is 0.950. The maximum Gasteiger partial charge on any atom is 0.238 e. The lowest BCUT2D eigenvalue weighted by atomic mass is 10.0. The van der Waals surface area contributed by atoms with E-state index in [9.17, 15) is 0 Å². The van der Waals surface area contributed by atoms with Crippen LogP contribution in [0, 0.1) is 0 Å². The Morgan fingerprint density at radius 2 is 0.827 bits per heavy atom. The van der Waals surface area contributed by atoms with E-state index in [2.05, 4.69) is 178 Å². The number of hydrogen-bond donors (Lipinski definition) is 0. The molecule has 5 aromatic heterocycles. The van der Waals surface area contributed by atoms with Crippen molar-refractivity contribution in [1.29, 1.82) is 0 Å². The number of nitrogens with zero attached hydrogens (tertiary/aromatic N) is 9. The van der Waals surface area contributed by atoms with Gasteiger partial charge in [0.05, 0.1) is 33.6 Å². The van der Waals surface area contributed by atoms with E-state index in [4.69, 9.17) is 29.9 Å². The van der Waals surface area contributed by atoms with Crippen LogP contribution in [-0.4, -0.2) is 43.6 Å². The van der Waals surface area contributed by atoms with Crippen LogP contribution >= 0.6 is 0 Å². The van der Waals surface area contributed by atoms with Crippen LogP contribution in [0.25, 0.3) is 128 Å². The van der Waals surface area contributed by atoms with Gasteiger partial charge in [0.1, 0.15) is 0 Å². The zero-order valence-corrected chi connectivity index (χ0v) is 40.4. The summed E-state index contributed by atoms with van der Waals surface area (Å²) in [6.45, 7) is 0. The van der Waals surface area contributed by atoms with E-state index in [1.807, 2.05) is 78.9 Å². The molecule has 9 nitrogen and oxygen atoms in total. The van der Waals surface area contributed by atoms with Gasteiger partial charge in [0.25, 0.3) is 0 Å². The molecule has 352 valence electrons. The molecule has 0 saturated carbocycles. The van der Waals surface area contributed by atoms with E-state index in [1.54, 1.807) is 0 Å². The van der Waals surface area contributed by atoms with E-state index in [0.29, 0.717) is 41.5 Å². The van der Waals surface area contributed by atoms with E-state index in [0.717, 1.165) is 93.5 Å². The third-order valence-electron chi connectivity index (χ3n) is 14.7. The third kappa shape index (κ3) is 6.93. The van der Waals surface area contributed by atoms with Gasteiger partial charge < -0.3 is 9.13 Å². The van der Waals surface area contributed by atoms with Gasteiger partial charge >= 0.3 is 0 Å². The predicted octanol–water partition coefficient (Wildman–Crippen LogP) is 15.6. The second-order valence-electron chi connectivity index (χ2n) is 19.0. The largest absolute Gasteiger partial charge is 0.331 e. The average molecular weight is 962 g/mol. The van der Waals surface area contributed by atoms with Crippen LogP contribution in [0.4, 0.5) is 0 Å². The Bertz CT molecular complexity index is 4550. The number of rotatable bonds is 8. The summed E-state index contributed by atoms with van der Waals surface area (Å²) < 4.78 is 7.13. The van der Waals surface area contributed by atoms with Gasteiger partial charge in [0.15, 0.2) is 29.1 Å². The summed E-state index contributed by atoms with van der Waals surface area (Å²) in [5.74, 6) is 3.65. The van der Waals surface area contributed by atoms with Crippen LogP contribution in [0.3, 0.4) is 0 Å². The van der Waals surface area contributed by atoms with E-state index < -0.39 is 0 Å². The van der Waals surface area contributed by atoms with Crippen molar-refractivity contribution in [3.63, 3.8) is 0 Å². The molecule has 9 heteroatoms. The summed E-state index contributed by atoms with van der Waals surface area (Å²) >= 11 is 0. The van der Waals surface area contributed by atoms with Crippen LogP contribution in [0.15, 0.2) is 243 Å². The minimum atomic E-state index is -0.0504. The monoisotopic (exact) mass is 961 g/mol. The molecule has 1 aliphatic rings. The molecule has 0 aliphatic heterocycles. The fraction of sp³-hybridized carbons (Fsp3) is 0.0303. The highest BCUT2D eigenvalue weighted by atomic mass is 15.2. The smallest absolute Gasteiger partial charge is 0.238 e. The summed E-state index contributed by atoms with van der Waals surface area (Å²) in [5.41, 5.74) is 12.2. The van der Waals surface area contributed by atoms with E-state index in [-0.39, 0.29) is 6.04 Å². The lowest BCUT2D eigenvalue weighted by Crippen LogP contribution is -2.11. The number of benzene rings is 9. The van der Waals surface area contributed by atoms with Gasteiger partial charge in [-0.15, -0.1) is 0 Å². The van der Waals surface area contributed by atoms with Crippen molar-refractivity contribution < 1.29 is 0 Å². The molecule has 1 aliphatic carbocycles. The van der Waals surface area contributed by atoms with Crippen LogP contribution < -0.4 is 0 Å². The molecule has 1 atom stereocenters. The van der Waals surface area contributed by atoms with E-state index >= 15 is 0 Å². The Morgan fingerprint density at radius 1 is 0.347 bits per heavy atom. The molecule has 0 amide bonds. The molecular weight excluding hydrogens is 919 g/mol. The van der Waals surface area contributed by atoms with Crippen molar-refractivity contribution in [2.75, 3.05) is 0 Å². The first kappa shape index (κ1) is 42.6. The van der Waals surface area contributed by atoms with Gasteiger partial charge in [-0.3, -0.25) is 4.57 Å². The second-order valence-corrected chi connectivity index (χ2v) is 19.0. The standard InChI is InChI=1S/C66H43N9/c1-5-20-42(21-6-1)61-67-62(43-22-7-2-8-23-43)69-63(68-61)45-36-38-47(39-37-45)74-54-32-16-13-28-48(54)50-40-41-51-49-29-14-17-33-55(49)75(60(51)59(50)74)66-71-64(44-24-9-3-10-25-44)70-65(72-66)53-31-19-35-57-58(53)52-30-15-18-34-56(52)73(57)46-26-11-4-12-27-46/h1-38,40-41,47H,39H2. The molecule has 0 spiro atoms. The number of allylic oxidation sites excluding steroid dienone is 4. The third-order valence-corrected chi connectivity index (χ3v) is 14.7. The highest BCUT2D eigenvalue weighted by molar-refractivity contribution is 6.23. The molecular formula is C66H43N9. The van der Waals surface area contributed by atoms with Gasteiger partial charge in [0, 0.05) is 71.3 Å². The molecule has 0 saturated heterocycles. The highest BCUT2D eigenvalue weighted by Gasteiger charge is 2.27. The summed E-state index contributed by atoms with van der Waals surface area (Å²) in [5, 5.41) is 6.76. The topological polar surface area (TPSA) is 92.1 Å². The van der Waals surface area contributed by atoms with Crippen molar-refractivity contribution in [3.8, 4) is 57.2 Å². The zero-order chi connectivity index (χ0) is 49.4. The number of fused-ring (bicyclic) bond motifs is 10. The molecule has 0 bridgehead atoms. The average Bonchev–Trinajstić information content (AvgIpc) is 4.14. The highest BCUT2D eigenvalue weighted by Crippen LogP contribution is 2.44. The van der Waals surface area contributed by atoms with Crippen molar-refractivity contribution in [2.24, 2.45) is 0 Å². The summed E-state index contributed by atoms with van der Waals surface area (Å²) in [7, 11) is 0. The van der Waals surface area contributed by atoms with Gasteiger partial charge in [-0.05, 0) is 42.8 Å². The Morgan fingerprint density at radius 3 is 1.45 bits per heavy atom. The molecule has 0 fully saturated rings. The summed E-state index contributed by atoms with van der Waals surface area (Å²) in [6.07, 6.45) is 7.48. The van der Waals surface area contributed by atoms with Crippen molar-refractivity contribution in [3.05, 3.63) is 249 Å². The molecule has 0 N–H and O–H groups in total. The lowest BCUT2D eigenvalue weighted by Gasteiger charge is -2.21. The van der Waals surface area contributed by atoms with Crippen LogP contribution in [-0.2, 0) is 0 Å². The van der Waals surface area contributed by atoms with Gasteiger partial charge in [-0.2, -0.15) is 9.97 Å². The summed E-state index contributed by atoms with van der Waals surface area (Å²) in [4.78, 5) is 31.5. The molecule has 9 aromatic carbocycles. The Hall–Kier alpha value is -10.1. The Labute approximate surface area is 430 Å². The lowest BCUT2D eigenvalue weighted by molar-refractivity contribution is 0.649. The second kappa shape index (κ2) is 17.3. The van der Waals surface area contributed by atoms with Gasteiger partial charge in [0.2, 0.25) is 5.95 Å². The maximum absolute atomic E-state index is 5.59. The fourth-order valence-electron chi connectivity index (χ4n) is 11.4. The minimum absolute atomic E-state index is 0.0504. The first-order chi connectivity index (χ1) is 37.2. The first-order valence-electron chi connectivity index (χ1n) is 25.3. The van der Waals surface area contributed by atoms with Crippen LogP contribution in [0.2, 0.25) is 0 Å². The Kier molecular flexibility index (Phi) is 9.81. The van der Waals surface area contributed by atoms with Crippen molar-refractivity contribution in [2.45, 2.75) is 12.5 Å². The molecule has 0 radical (unpaired) electrons. The van der Waals surface area contributed by atoms with Crippen LogP contribution in [0.1, 0.15) is 18.3 Å². The number of aromatic nitrogens is 9.